The van der Waals surface area contributed by atoms with Crippen LogP contribution in [0.3, 0.4) is 0 Å². The molecule has 0 aliphatic heterocycles. The molecule has 9 heteroatoms. The fourth-order valence-electron chi connectivity index (χ4n) is 6.86. The average Bonchev–Trinajstić information content (AvgIpc) is 3.41. The number of aromatic nitrogens is 2. The number of anilines is 1. The third-order valence-corrected chi connectivity index (χ3v) is 10.1. The summed E-state index contributed by atoms with van der Waals surface area (Å²) >= 11 is 1.77. The van der Waals surface area contributed by atoms with Gasteiger partial charge in [-0.25, -0.2) is 9.97 Å². The maximum absolute atomic E-state index is 13.5. The highest BCUT2D eigenvalue weighted by Crippen LogP contribution is 2.38. The zero-order valence-corrected chi connectivity index (χ0v) is 24.9. The minimum Gasteiger partial charge on any atom is -0.493 e. The molecule has 218 valence electrons. The van der Waals surface area contributed by atoms with Gasteiger partial charge in [-0.3, -0.25) is 10.2 Å². The predicted octanol–water partition coefficient (Wildman–Crippen LogP) is 6.90. The maximum Gasteiger partial charge on any atom is 0.261 e. The smallest absolute Gasteiger partial charge is 0.261 e. The molecule has 0 bridgehead atoms. The number of nitrogens with one attached hydrogen (secondary N) is 1. The summed E-state index contributed by atoms with van der Waals surface area (Å²) in [7, 11) is 1.62. The first kappa shape index (κ1) is 27.9. The van der Waals surface area contributed by atoms with Crippen LogP contribution in [0, 0.1) is 0 Å². The lowest BCUT2D eigenvalue weighted by atomic mass is 9.88. The van der Waals surface area contributed by atoms with Crippen molar-refractivity contribution in [1.82, 2.24) is 14.9 Å². The van der Waals surface area contributed by atoms with Crippen LogP contribution >= 0.6 is 11.3 Å². The second kappa shape index (κ2) is 13.2. The van der Waals surface area contributed by atoms with Crippen molar-refractivity contribution in [1.29, 1.82) is 0 Å². The zero-order valence-electron chi connectivity index (χ0n) is 24.1. The molecule has 3 aliphatic rings. The Labute approximate surface area is 246 Å². The lowest BCUT2D eigenvalue weighted by Crippen LogP contribution is -2.50. The molecule has 0 spiro atoms. The number of ether oxygens (including phenoxy) is 2. The fraction of sp³-hybridized carbons (Fsp3) is 0.562. The molecular formula is C32H41N5O3S. The zero-order chi connectivity index (χ0) is 28.0. The van der Waals surface area contributed by atoms with Gasteiger partial charge in [0.05, 0.1) is 18.7 Å². The van der Waals surface area contributed by atoms with E-state index in [2.05, 4.69) is 25.4 Å². The van der Waals surface area contributed by atoms with Crippen LogP contribution in [0.15, 0.2) is 29.6 Å². The largest absolute Gasteiger partial charge is 0.493 e. The van der Waals surface area contributed by atoms with Crippen molar-refractivity contribution in [3.63, 3.8) is 0 Å². The number of amides is 1. The van der Waals surface area contributed by atoms with Gasteiger partial charge in [0.25, 0.3) is 5.91 Å². The van der Waals surface area contributed by atoms with Crippen LogP contribution in [0.1, 0.15) is 93.1 Å². The molecule has 1 aromatic carbocycles. The summed E-state index contributed by atoms with van der Waals surface area (Å²) in [6.45, 7) is 0.0347. The molecule has 2 heterocycles. The molecule has 2 fully saturated rings. The molecule has 3 aliphatic carbocycles. The minimum absolute atomic E-state index is 0.0347. The summed E-state index contributed by atoms with van der Waals surface area (Å²) in [5, 5.41) is 5.58. The Bertz CT molecular complexity index is 1360. The number of fused-ring (bicyclic) bond motifs is 3. The SMILES string of the molecule is COc1cc(/C=N\Nc2ncnc3sc4c(c23)CCCC4)ccc1OCC(=O)N(C1CCCCC1)C1CCCCC1. The van der Waals surface area contributed by atoms with Gasteiger partial charge in [0.15, 0.2) is 23.9 Å². The van der Waals surface area contributed by atoms with Crippen molar-refractivity contribution in [2.75, 3.05) is 19.1 Å². The monoisotopic (exact) mass is 575 g/mol. The number of thiophene rings is 1. The van der Waals surface area contributed by atoms with Gasteiger partial charge in [-0.2, -0.15) is 5.10 Å². The summed E-state index contributed by atoms with van der Waals surface area (Å²) in [5.74, 6) is 2.00. The Hall–Kier alpha value is -3.20. The van der Waals surface area contributed by atoms with Crippen LogP contribution in [-0.4, -0.2) is 52.8 Å². The first-order chi connectivity index (χ1) is 20.2. The van der Waals surface area contributed by atoms with Gasteiger partial charge < -0.3 is 14.4 Å². The molecule has 41 heavy (non-hydrogen) atoms. The first-order valence-corrected chi connectivity index (χ1v) is 16.2. The normalized spacial score (nSPS) is 18.4. The number of carbonyl (C=O) groups excluding carboxylic acids is 1. The van der Waals surface area contributed by atoms with E-state index in [1.807, 2.05) is 18.2 Å². The van der Waals surface area contributed by atoms with Crippen molar-refractivity contribution in [3.05, 3.63) is 40.5 Å². The summed E-state index contributed by atoms with van der Waals surface area (Å²) in [5.41, 5.74) is 5.37. The highest BCUT2D eigenvalue weighted by Gasteiger charge is 2.32. The Morgan fingerprint density at radius 1 is 1.00 bits per heavy atom. The van der Waals surface area contributed by atoms with Crippen molar-refractivity contribution in [3.8, 4) is 11.5 Å². The Kier molecular flexibility index (Phi) is 8.99. The minimum atomic E-state index is 0.0347. The van der Waals surface area contributed by atoms with Crippen molar-refractivity contribution in [2.45, 2.75) is 102 Å². The summed E-state index contributed by atoms with van der Waals surface area (Å²) in [6, 6.07) is 6.37. The van der Waals surface area contributed by atoms with Crippen molar-refractivity contribution in [2.24, 2.45) is 5.10 Å². The number of benzene rings is 1. The molecule has 2 saturated carbocycles. The van der Waals surface area contributed by atoms with E-state index in [0.717, 1.165) is 60.1 Å². The molecule has 3 aromatic rings. The van der Waals surface area contributed by atoms with Gasteiger partial charge in [0.1, 0.15) is 11.2 Å². The van der Waals surface area contributed by atoms with Crippen LogP contribution < -0.4 is 14.9 Å². The highest BCUT2D eigenvalue weighted by atomic mass is 32.1. The molecule has 0 atom stereocenters. The topological polar surface area (TPSA) is 88.9 Å². The maximum atomic E-state index is 13.5. The van der Waals surface area contributed by atoms with Crippen LogP contribution in [-0.2, 0) is 17.6 Å². The highest BCUT2D eigenvalue weighted by molar-refractivity contribution is 7.19. The van der Waals surface area contributed by atoms with E-state index >= 15 is 0 Å². The van der Waals surface area contributed by atoms with Crippen molar-refractivity contribution < 1.29 is 14.3 Å². The Morgan fingerprint density at radius 2 is 1.73 bits per heavy atom. The first-order valence-electron chi connectivity index (χ1n) is 15.4. The van der Waals surface area contributed by atoms with E-state index in [4.69, 9.17) is 9.47 Å². The quantitative estimate of drug-likeness (QED) is 0.221. The number of aryl methyl sites for hydroxylation is 2. The predicted molar refractivity (Wildman–Crippen MR) is 164 cm³/mol. The summed E-state index contributed by atoms with van der Waals surface area (Å²) in [6.07, 6.45) is 19.9. The van der Waals surface area contributed by atoms with Crippen molar-refractivity contribution >= 4 is 39.5 Å². The van der Waals surface area contributed by atoms with Crippen LogP contribution in [0.25, 0.3) is 10.2 Å². The molecule has 0 radical (unpaired) electrons. The summed E-state index contributed by atoms with van der Waals surface area (Å²) in [4.78, 5) is 27.2. The number of hydrazone groups is 1. The second-order valence-corrected chi connectivity index (χ2v) is 12.7. The van der Waals surface area contributed by atoms with Crippen LogP contribution in [0.4, 0.5) is 5.82 Å². The van der Waals surface area contributed by atoms with Gasteiger partial charge in [-0.1, -0.05) is 38.5 Å². The number of hydrogen-bond acceptors (Lipinski definition) is 8. The van der Waals surface area contributed by atoms with E-state index in [-0.39, 0.29) is 12.5 Å². The molecule has 6 rings (SSSR count). The molecule has 2 aromatic heterocycles. The van der Waals surface area contributed by atoms with E-state index in [1.165, 1.54) is 61.8 Å². The van der Waals surface area contributed by atoms with Gasteiger partial charge in [-0.05, 0) is 80.7 Å². The van der Waals surface area contributed by atoms with E-state index in [9.17, 15) is 4.79 Å². The van der Waals surface area contributed by atoms with Gasteiger partial charge in [-0.15, -0.1) is 11.3 Å². The second-order valence-electron chi connectivity index (χ2n) is 11.6. The van der Waals surface area contributed by atoms with Crippen LogP contribution in [0.5, 0.6) is 11.5 Å². The molecular weight excluding hydrogens is 534 g/mol. The fourth-order valence-corrected chi connectivity index (χ4v) is 8.09. The molecule has 1 amide bonds. The number of rotatable bonds is 9. The molecule has 8 nitrogen and oxygen atoms in total. The van der Waals surface area contributed by atoms with Gasteiger partial charge in [0, 0.05) is 17.0 Å². The number of methoxy groups -OCH3 is 1. The Balaban J connectivity index is 1.12. The lowest BCUT2D eigenvalue weighted by Gasteiger charge is -2.41. The molecule has 0 saturated heterocycles. The molecule has 0 unspecified atom stereocenters. The third kappa shape index (κ3) is 6.35. The van der Waals surface area contributed by atoms with Gasteiger partial charge >= 0.3 is 0 Å². The third-order valence-electron chi connectivity index (χ3n) is 8.90. The van der Waals surface area contributed by atoms with E-state index < -0.39 is 0 Å². The lowest BCUT2D eigenvalue weighted by molar-refractivity contribution is -0.140. The number of nitrogens with zero attached hydrogens (tertiary/aromatic N) is 4. The van der Waals surface area contributed by atoms with E-state index in [0.29, 0.717) is 23.6 Å². The molecule has 1 N–H and O–H groups in total. The Morgan fingerprint density at radius 3 is 2.46 bits per heavy atom. The summed E-state index contributed by atoms with van der Waals surface area (Å²) < 4.78 is 11.7. The number of carbonyl (C=O) groups is 1. The number of hydrogen-bond donors (Lipinski definition) is 1. The van der Waals surface area contributed by atoms with Gasteiger partial charge in [0.2, 0.25) is 0 Å². The van der Waals surface area contributed by atoms with Crippen LogP contribution in [0.2, 0.25) is 0 Å². The standard InChI is InChI=1S/C32H41N5O3S/c1-39-27-18-22(19-35-36-31-30-25-14-8-9-15-28(25)41-32(30)34-21-33-31)16-17-26(27)40-20-29(38)37(23-10-4-2-5-11-23)24-12-6-3-7-13-24/h16-19,21,23-24H,2-15,20H2,1H3,(H,33,34,36)/b35-19-. The van der Waals surface area contributed by atoms with E-state index in [1.54, 1.807) is 31.0 Å². The average molecular weight is 576 g/mol.